The Morgan fingerprint density at radius 1 is 1.08 bits per heavy atom. The van der Waals surface area contributed by atoms with Gasteiger partial charge in [0.25, 0.3) is 0 Å². The highest BCUT2D eigenvalue weighted by Crippen LogP contribution is 2.39. The molecule has 26 heavy (non-hydrogen) atoms. The van der Waals surface area contributed by atoms with E-state index >= 15 is 0 Å². The van der Waals surface area contributed by atoms with Crippen LogP contribution >= 0.6 is 0 Å². The lowest BCUT2D eigenvalue weighted by atomic mass is 9.95. The van der Waals surface area contributed by atoms with Gasteiger partial charge in [-0.1, -0.05) is 31.4 Å². The second kappa shape index (κ2) is 6.90. The average Bonchev–Trinajstić information content (AvgIpc) is 3.00. The average molecular weight is 353 g/mol. The Balaban J connectivity index is 1.85. The van der Waals surface area contributed by atoms with Crippen molar-refractivity contribution in [1.29, 1.82) is 0 Å². The number of aryl methyl sites for hydroxylation is 1. The van der Waals surface area contributed by atoms with Gasteiger partial charge in [-0.25, -0.2) is 4.79 Å². The Hall–Kier alpha value is -2.69. The third-order valence-corrected chi connectivity index (χ3v) is 5.05. The maximum Gasteiger partial charge on any atom is 0.347 e. The molecule has 0 bridgehead atoms. The molecule has 1 aromatic carbocycles. The Morgan fingerprint density at radius 3 is 2.50 bits per heavy atom. The quantitative estimate of drug-likeness (QED) is 0.706. The monoisotopic (exact) mass is 353 g/mol. The molecule has 0 aliphatic heterocycles. The third-order valence-electron chi connectivity index (χ3n) is 5.05. The fourth-order valence-electron chi connectivity index (χ4n) is 3.73. The van der Waals surface area contributed by atoms with Gasteiger partial charge in [-0.2, -0.15) is 0 Å². The van der Waals surface area contributed by atoms with Gasteiger partial charge in [0, 0.05) is 12.1 Å². The minimum atomic E-state index is -0.369. The number of nitrogens with one attached hydrogen (secondary N) is 1. The first-order valence-corrected chi connectivity index (χ1v) is 9.14. The van der Waals surface area contributed by atoms with Crippen LogP contribution in [0.5, 0.6) is 5.75 Å². The van der Waals surface area contributed by atoms with Gasteiger partial charge >= 0.3 is 5.63 Å². The van der Waals surface area contributed by atoms with E-state index in [4.69, 9.17) is 13.6 Å². The summed E-state index contributed by atoms with van der Waals surface area (Å²) in [4.78, 5) is 12.5. The number of rotatable bonds is 4. The fourth-order valence-corrected chi connectivity index (χ4v) is 3.73. The van der Waals surface area contributed by atoms with Crippen LogP contribution in [0.15, 0.2) is 44.0 Å². The molecule has 3 aromatic rings. The van der Waals surface area contributed by atoms with Crippen molar-refractivity contribution in [2.24, 2.45) is 0 Å². The van der Waals surface area contributed by atoms with E-state index in [0.717, 1.165) is 29.7 Å². The normalized spacial score (nSPS) is 15.3. The van der Waals surface area contributed by atoms with Crippen LogP contribution < -0.4 is 15.7 Å². The number of hydrogen-bond donors (Lipinski definition) is 1. The van der Waals surface area contributed by atoms with Crippen LogP contribution in [-0.2, 0) is 0 Å². The van der Waals surface area contributed by atoms with Crippen molar-refractivity contribution in [3.05, 3.63) is 46.5 Å². The van der Waals surface area contributed by atoms with E-state index in [-0.39, 0.29) is 5.63 Å². The molecule has 0 saturated heterocycles. The van der Waals surface area contributed by atoms with Gasteiger partial charge in [0.1, 0.15) is 22.5 Å². The smallest absolute Gasteiger partial charge is 0.347 e. The molecule has 1 N–H and O–H groups in total. The van der Waals surface area contributed by atoms with Gasteiger partial charge in [-0.05, 0) is 37.5 Å². The minimum Gasteiger partial charge on any atom is -0.497 e. The van der Waals surface area contributed by atoms with Gasteiger partial charge < -0.3 is 18.9 Å². The molecule has 0 spiro atoms. The largest absolute Gasteiger partial charge is 0.497 e. The zero-order chi connectivity index (χ0) is 18.1. The van der Waals surface area contributed by atoms with Crippen LogP contribution in [0, 0.1) is 6.92 Å². The van der Waals surface area contributed by atoms with E-state index in [1.165, 1.54) is 19.3 Å². The summed E-state index contributed by atoms with van der Waals surface area (Å²) in [5, 5.41) is 4.02. The molecule has 0 amide bonds. The third kappa shape index (κ3) is 3.09. The molecule has 0 unspecified atom stereocenters. The maximum atomic E-state index is 12.5. The van der Waals surface area contributed by atoms with E-state index in [1.807, 2.05) is 24.3 Å². The van der Waals surface area contributed by atoms with Gasteiger partial charge in [-0.15, -0.1) is 0 Å². The van der Waals surface area contributed by atoms with Crippen molar-refractivity contribution in [2.75, 3.05) is 12.4 Å². The molecular weight excluding hydrogens is 330 g/mol. The summed E-state index contributed by atoms with van der Waals surface area (Å²) < 4.78 is 16.7. The predicted octanol–water partition coefficient (Wildman–Crippen LogP) is 5.11. The van der Waals surface area contributed by atoms with E-state index in [2.05, 4.69) is 5.32 Å². The van der Waals surface area contributed by atoms with Crippen LogP contribution in [0.25, 0.3) is 22.1 Å². The summed E-state index contributed by atoms with van der Waals surface area (Å²) in [6.07, 6.45) is 5.96. The van der Waals surface area contributed by atoms with E-state index in [9.17, 15) is 4.79 Å². The Morgan fingerprint density at radius 2 is 1.81 bits per heavy atom. The van der Waals surface area contributed by atoms with E-state index < -0.39 is 0 Å². The Bertz CT molecular complexity index is 962. The summed E-state index contributed by atoms with van der Waals surface area (Å²) in [6, 6.07) is 9.79. The minimum absolute atomic E-state index is 0.369. The van der Waals surface area contributed by atoms with Crippen LogP contribution in [0.1, 0.15) is 37.9 Å². The Labute approximate surface area is 152 Å². The first-order chi connectivity index (χ1) is 12.7. The molecule has 136 valence electrons. The van der Waals surface area contributed by atoms with E-state index in [1.54, 1.807) is 20.1 Å². The molecule has 1 fully saturated rings. The van der Waals surface area contributed by atoms with Crippen LogP contribution in [0.2, 0.25) is 0 Å². The number of benzene rings is 1. The highest BCUT2D eigenvalue weighted by atomic mass is 16.5. The van der Waals surface area contributed by atoms with Crippen molar-refractivity contribution in [2.45, 2.75) is 45.1 Å². The van der Waals surface area contributed by atoms with Crippen molar-refractivity contribution in [3.63, 3.8) is 0 Å². The van der Waals surface area contributed by atoms with Gasteiger partial charge in [0.05, 0.1) is 12.7 Å². The zero-order valence-corrected chi connectivity index (χ0v) is 15.1. The molecule has 1 aliphatic carbocycles. The van der Waals surface area contributed by atoms with Gasteiger partial charge in [0.2, 0.25) is 5.88 Å². The highest BCUT2D eigenvalue weighted by molar-refractivity contribution is 5.99. The lowest BCUT2D eigenvalue weighted by molar-refractivity contribution is 0.415. The molecule has 2 heterocycles. The fraction of sp³-hybridized carbons (Fsp3) is 0.381. The van der Waals surface area contributed by atoms with Crippen molar-refractivity contribution in [1.82, 2.24) is 0 Å². The van der Waals surface area contributed by atoms with Crippen molar-refractivity contribution >= 4 is 16.9 Å². The lowest BCUT2D eigenvalue weighted by Crippen LogP contribution is -2.22. The van der Waals surface area contributed by atoms with Gasteiger partial charge in [0.15, 0.2) is 0 Å². The second-order valence-electron chi connectivity index (χ2n) is 6.90. The van der Waals surface area contributed by atoms with E-state index in [0.29, 0.717) is 28.7 Å². The summed E-state index contributed by atoms with van der Waals surface area (Å²) in [7, 11) is 1.63. The standard InChI is InChI=1S/C21H23NO4/c1-13-12-17-19(21(23)25-13)18(14-8-10-16(24-2)11-9-14)20(26-17)22-15-6-4-3-5-7-15/h8-12,15,22H,3-7H2,1-2H3. The van der Waals surface area contributed by atoms with Crippen molar-refractivity contribution < 1.29 is 13.6 Å². The molecule has 5 nitrogen and oxygen atoms in total. The molecule has 0 atom stereocenters. The number of anilines is 1. The number of fused-ring (bicyclic) bond motifs is 1. The van der Waals surface area contributed by atoms with Crippen LogP contribution in [0.4, 0.5) is 5.88 Å². The van der Waals surface area contributed by atoms with Crippen molar-refractivity contribution in [3.8, 4) is 16.9 Å². The number of hydrogen-bond acceptors (Lipinski definition) is 5. The number of methoxy groups -OCH3 is 1. The van der Waals surface area contributed by atoms with Gasteiger partial charge in [-0.3, -0.25) is 0 Å². The molecule has 2 aromatic heterocycles. The molecule has 1 saturated carbocycles. The second-order valence-corrected chi connectivity index (χ2v) is 6.90. The van der Waals surface area contributed by atoms with Crippen LogP contribution in [0.3, 0.4) is 0 Å². The summed E-state index contributed by atoms with van der Waals surface area (Å²) in [5.41, 5.74) is 1.86. The maximum absolute atomic E-state index is 12.5. The molecule has 4 rings (SSSR count). The molecular formula is C21H23NO4. The summed E-state index contributed by atoms with van der Waals surface area (Å²) in [6.45, 7) is 1.75. The lowest BCUT2D eigenvalue weighted by Gasteiger charge is -2.23. The first-order valence-electron chi connectivity index (χ1n) is 9.14. The summed E-state index contributed by atoms with van der Waals surface area (Å²) >= 11 is 0. The Kier molecular flexibility index (Phi) is 4.45. The molecule has 0 radical (unpaired) electrons. The molecule has 5 heteroatoms. The zero-order valence-electron chi connectivity index (χ0n) is 15.1. The number of ether oxygens (including phenoxy) is 1. The molecule has 1 aliphatic rings. The summed E-state index contributed by atoms with van der Waals surface area (Å²) in [5.74, 6) is 1.96. The number of furan rings is 1. The first kappa shape index (κ1) is 16.8. The van der Waals surface area contributed by atoms with Crippen LogP contribution in [-0.4, -0.2) is 13.2 Å². The highest BCUT2D eigenvalue weighted by Gasteiger charge is 2.23. The topological polar surface area (TPSA) is 64.6 Å². The predicted molar refractivity (Wildman–Crippen MR) is 102 cm³/mol. The SMILES string of the molecule is COc1ccc(-c2c(NC3CCCCC3)oc3cc(C)oc(=O)c23)cc1.